The topological polar surface area (TPSA) is 89.8 Å². The van der Waals surface area contributed by atoms with Gasteiger partial charge in [0.15, 0.2) is 4.80 Å². The average molecular weight is 482 g/mol. The average Bonchev–Trinajstić information content (AvgIpc) is 3.08. The van der Waals surface area contributed by atoms with Crippen LogP contribution in [-0.4, -0.2) is 25.5 Å². The van der Waals surface area contributed by atoms with Crippen molar-refractivity contribution in [3.05, 3.63) is 82.7 Å². The number of sulfonamides is 1. The maximum Gasteiger partial charge on any atom is 0.279 e. The normalized spacial score (nSPS) is 12.2. The van der Waals surface area contributed by atoms with E-state index in [4.69, 9.17) is 4.74 Å². The minimum atomic E-state index is -3.77. The van der Waals surface area contributed by atoms with Gasteiger partial charge in [-0.05, 0) is 62.4 Å². The third kappa shape index (κ3) is 4.99. The Morgan fingerprint density at radius 3 is 2.58 bits per heavy atom. The Balaban J connectivity index is 1.62. The van der Waals surface area contributed by atoms with Gasteiger partial charge in [-0.1, -0.05) is 35.1 Å². The third-order valence-corrected chi connectivity index (χ3v) is 7.47. The largest absolute Gasteiger partial charge is 0.494 e. The molecule has 0 aliphatic rings. The van der Waals surface area contributed by atoms with E-state index in [-0.39, 0.29) is 10.5 Å². The lowest BCUT2D eigenvalue weighted by Gasteiger charge is -2.09. The molecule has 9 heteroatoms. The molecule has 7 nitrogen and oxygen atoms in total. The molecule has 0 unspecified atom stereocenters. The van der Waals surface area contributed by atoms with Crippen molar-refractivity contribution in [2.75, 3.05) is 11.3 Å². The number of carbonyl (C=O) groups is 1. The molecule has 1 N–H and O–H groups in total. The maximum atomic E-state index is 12.9. The van der Waals surface area contributed by atoms with Crippen LogP contribution in [0.3, 0.4) is 0 Å². The summed E-state index contributed by atoms with van der Waals surface area (Å²) < 4.78 is 36.2. The SMILES string of the molecule is CCOc1ccc2c(c1)sc(=NC(=O)c1cccc(NS(=O)(=O)c3ccc(C)cc3)c1)n2C. The van der Waals surface area contributed by atoms with Gasteiger partial charge in [-0.15, -0.1) is 0 Å². The molecule has 3 aromatic carbocycles. The summed E-state index contributed by atoms with van der Waals surface area (Å²) in [5.74, 6) is 0.303. The van der Waals surface area contributed by atoms with E-state index in [1.165, 1.54) is 17.4 Å². The van der Waals surface area contributed by atoms with Crippen molar-refractivity contribution in [2.24, 2.45) is 12.0 Å². The van der Waals surface area contributed by atoms with Crippen LogP contribution >= 0.6 is 11.3 Å². The van der Waals surface area contributed by atoms with E-state index < -0.39 is 15.9 Å². The minimum Gasteiger partial charge on any atom is -0.494 e. The summed E-state index contributed by atoms with van der Waals surface area (Å²) in [6.07, 6.45) is 0. The molecule has 4 rings (SSSR count). The van der Waals surface area contributed by atoms with Crippen LogP contribution in [0.1, 0.15) is 22.8 Å². The molecular formula is C24H23N3O4S2. The summed E-state index contributed by atoms with van der Waals surface area (Å²) in [4.78, 5) is 17.8. The number of carbonyl (C=O) groups excluding carboxylic acids is 1. The first-order valence-electron chi connectivity index (χ1n) is 10.3. The van der Waals surface area contributed by atoms with Crippen molar-refractivity contribution in [3.63, 3.8) is 0 Å². The fourth-order valence-corrected chi connectivity index (χ4v) is 5.37. The van der Waals surface area contributed by atoms with Crippen LogP contribution in [0.4, 0.5) is 5.69 Å². The number of hydrogen-bond donors (Lipinski definition) is 1. The molecule has 0 aliphatic heterocycles. The summed E-state index contributed by atoms with van der Waals surface area (Å²) in [5.41, 5.74) is 2.48. The second-order valence-corrected chi connectivity index (χ2v) is 10.1. The molecule has 0 saturated heterocycles. The van der Waals surface area contributed by atoms with Crippen LogP contribution < -0.4 is 14.3 Å². The van der Waals surface area contributed by atoms with Gasteiger partial charge < -0.3 is 9.30 Å². The lowest BCUT2D eigenvalue weighted by atomic mass is 10.2. The van der Waals surface area contributed by atoms with Gasteiger partial charge in [0.25, 0.3) is 15.9 Å². The van der Waals surface area contributed by atoms with Crippen molar-refractivity contribution < 1.29 is 17.9 Å². The number of nitrogens with zero attached hydrogens (tertiary/aromatic N) is 2. The molecule has 170 valence electrons. The maximum absolute atomic E-state index is 12.9. The summed E-state index contributed by atoms with van der Waals surface area (Å²) in [6.45, 7) is 4.38. The third-order valence-electron chi connectivity index (χ3n) is 4.98. The van der Waals surface area contributed by atoms with Crippen molar-refractivity contribution in [2.45, 2.75) is 18.7 Å². The van der Waals surface area contributed by atoms with Gasteiger partial charge in [0.05, 0.1) is 21.7 Å². The Kier molecular flexibility index (Phi) is 6.35. The van der Waals surface area contributed by atoms with Gasteiger partial charge in [-0.2, -0.15) is 4.99 Å². The fraction of sp³-hybridized carbons (Fsp3) is 0.167. The molecule has 0 saturated carbocycles. The van der Waals surface area contributed by atoms with Gasteiger partial charge in [0, 0.05) is 18.3 Å². The molecule has 33 heavy (non-hydrogen) atoms. The zero-order chi connectivity index (χ0) is 23.6. The quantitative estimate of drug-likeness (QED) is 0.439. The van der Waals surface area contributed by atoms with Crippen LogP contribution in [0.25, 0.3) is 10.2 Å². The molecular weight excluding hydrogens is 458 g/mol. The number of aryl methyl sites for hydroxylation is 2. The van der Waals surface area contributed by atoms with E-state index in [1.54, 1.807) is 42.5 Å². The van der Waals surface area contributed by atoms with E-state index in [0.29, 0.717) is 17.1 Å². The summed E-state index contributed by atoms with van der Waals surface area (Å²) in [6, 6.07) is 18.6. The highest BCUT2D eigenvalue weighted by Crippen LogP contribution is 2.23. The lowest BCUT2D eigenvalue weighted by molar-refractivity contribution is 0.0998. The lowest BCUT2D eigenvalue weighted by Crippen LogP contribution is -2.14. The molecule has 1 aromatic heterocycles. The Morgan fingerprint density at radius 2 is 1.85 bits per heavy atom. The molecule has 1 heterocycles. The first-order chi connectivity index (χ1) is 15.8. The number of amides is 1. The molecule has 4 aromatic rings. The zero-order valence-corrected chi connectivity index (χ0v) is 20.0. The molecule has 1 amide bonds. The second-order valence-electron chi connectivity index (χ2n) is 7.42. The predicted molar refractivity (Wildman–Crippen MR) is 130 cm³/mol. The van der Waals surface area contributed by atoms with E-state index in [9.17, 15) is 13.2 Å². The van der Waals surface area contributed by atoms with Crippen LogP contribution in [0.2, 0.25) is 0 Å². The zero-order valence-electron chi connectivity index (χ0n) is 18.4. The number of hydrogen-bond acceptors (Lipinski definition) is 5. The Hall–Kier alpha value is -3.43. The molecule has 0 spiro atoms. The van der Waals surface area contributed by atoms with Crippen LogP contribution in [0.15, 0.2) is 76.6 Å². The number of fused-ring (bicyclic) bond motifs is 1. The smallest absolute Gasteiger partial charge is 0.279 e. The van der Waals surface area contributed by atoms with Gasteiger partial charge in [-0.25, -0.2) is 8.42 Å². The van der Waals surface area contributed by atoms with Crippen molar-refractivity contribution in [1.82, 2.24) is 4.57 Å². The number of rotatable bonds is 6. The minimum absolute atomic E-state index is 0.151. The first-order valence-corrected chi connectivity index (χ1v) is 12.6. The number of ether oxygens (including phenoxy) is 1. The molecule has 0 bridgehead atoms. The fourth-order valence-electron chi connectivity index (χ4n) is 3.28. The van der Waals surface area contributed by atoms with E-state index in [1.807, 2.05) is 43.7 Å². The second kappa shape index (κ2) is 9.21. The van der Waals surface area contributed by atoms with Gasteiger partial charge in [0.2, 0.25) is 0 Å². The van der Waals surface area contributed by atoms with Crippen molar-refractivity contribution >= 4 is 43.2 Å². The number of benzene rings is 3. The highest BCUT2D eigenvalue weighted by molar-refractivity contribution is 7.92. The van der Waals surface area contributed by atoms with Crippen molar-refractivity contribution in [3.8, 4) is 5.75 Å². The number of thiazole rings is 1. The molecule has 0 radical (unpaired) electrons. The summed E-state index contributed by atoms with van der Waals surface area (Å²) >= 11 is 1.38. The Bertz CT molecular complexity index is 1500. The highest BCUT2D eigenvalue weighted by Gasteiger charge is 2.15. The molecule has 0 atom stereocenters. The van der Waals surface area contributed by atoms with E-state index in [0.717, 1.165) is 21.5 Å². The monoisotopic (exact) mass is 481 g/mol. The number of anilines is 1. The predicted octanol–water partition coefficient (Wildman–Crippen LogP) is 4.49. The Morgan fingerprint density at radius 1 is 1.09 bits per heavy atom. The first kappa shape index (κ1) is 22.8. The van der Waals surface area contributed by atoms with Crippen molar-refractivity contribution in [1.29, 1.82) is 0 Å². The molecule has 0 fully saturated rings. The van der Waals surface area contributed by atoms with Crippen LogP contribution in [0, 0.1) is 6.92 Å². The van der Waals surface area contributed by atoms with Gasteiger partial charge >= 0.3 is 0 Å². The Labute approximate surface area is 196 Å². The van der Waals surface area contributed by atoms with E-state index in [2.05, 4.69) is 9.71 Å². The number of nitrogens with one attached hydrogen (secondary N) is 1. The molecule has 0 aliphatic carbocycles. The van der Waals surface area contributed by atoms with Gasteiger partial charge in [-0.3, -0.25) is 9.52 Å². The van der Waals surface area contributed by atoms with Crippen LogP contribution in [0.5, 0.6) is 5.75 Å². The standard InChI is InChI=1S/C24H23N3O4S2/c1-4-31-19-10-13-21-22(15-19)32-24(27(21)3)25-23(28)17-6-5-7-18(14-17)26-33(29,30)20-11-8-16(2)9-12-20/h5-15,26H,4H2,1-3H3. The van der Waals surface area contributed by atoms with E-state index >= 15 is 0 Å². The number of aromatic nitrogens is 1. The summed E-state index contributed by atoms with van der Waals surface area (Å²) in [7, 11) is -1.93. The summed E-state index contributed by atoms with van der Waals surface area (Å²) in [5, 5.41) is 0. The van der Waals surface area contributed by atoms with Crippen LogP contribution in [-0.2, 0) is 17.1 Å². The highest BCUT2D eigenvalue weighted by atomic mass is 32.2. The van der Waals surface area contributed by atoms with Gasteiger partial charge in [0.1, 0.15) is 5.75 Å².